The number of hydrogen-bond acceptors (Lipinski definition) is 8. The predicted molar refractivity (Wildman–Crippen MR) is 238 cm³/mol. The molecule has 0 aromatic rings. The van der Waals surface area contributed by atoms with Crippen LogP contribution in [0.2, 0.25) is 0 Å². The molecule has 0 spiro atoms. The van der Waals surface area contributed by atoms with Crippen LogP contribution in [0.3, 0.4) is 0 Å². The van der Waals surface area contributed by atoms with Crippen molar-refractivity contribution in [2.75, 3.05) is 26.4 Å². The van der Waals surface area contributed by atoms with Gasteiger partial charge in [-0.25, -0.2) is 4.57 Å². The molecule has 2 atom stereocenters. The highest BCUT2D eigenvalue weighted by Crippen LogP contribution is 2.43. The third-order valence-corrected chi connectivity index (χ3v) is 10.5. The number of phosphoric acid groups is 1. The van der Waals surface area contributed by atoms with E-state index in [9.17, 15) is 19.0 Å². The van der Waals surface area contributed by atoms with Crippen molar-refractivity contribution in [1.82, 2.24) is 0 Å². The molecule has 0 aromatic carbocycles. The van der Waals surface area contributed by atoms with Crippen LogP contribution in [0.25, 0.3) is 0 Å². The number of carbonyl (C=O) groups is 2. The summed E-state index contributed by atoms with van der Waals surface area (Å²) in [4.78, 5) is 34.8. The predicted octanol–water partition coefficient (Wildman–Crippen LogP) is 13.3. The second kappa shape index (κ2) is 43.3. The Morgan fingerprint density at radius 2 is 0.965 bits per heavy atom. The van der Waals surface area contributed by atoms with Crippen molar-refractivity contribution < 1.29 is 37.6 Å². The number of hydrogen-bond donors (Lipinski definition) is 2. The van der Waals surface area contributed by atoms with E-state index < -0.39 is 32.5 Å². The smallest absolute Gasteiger partial charge is 0.462 e. The maximum atomic E-state index is 12.5. The maximum Gasteiger partial charge on any atom is 0.472 e. The van der Waals surface area contributed by atoms with E-state index in [1.807, 2.05) is 54.7 Å². The van der Waals surface area contributed by atoms with Gasteiger partial charge in [-0.05, 0) is 25.7 Å². The number of phosphoric ester groups is 1. The fourth-order valence-corrected chi connectivity index (χ4v) is 6.96. The molecule has 0 rings (SSSR count). The van der Waals surface area contributed by atoms with Crippen molar-refractivity contribution in [3.05, 3.63) is 60.8 Å². The van der Waals surface area contributed by atoms with E-state index in [-0.39, 0.29) is 32.6 Å². The van der Waals surface area contributed by atoms with Crippen molar-refractivity contribution in [3.63, 3.8) is 0 Å². The zero-order valence-electron chi connectivity index (χ0n) is 36.3. The molecule has 0 amide bonds. The second-order valence-electron chi connectivity index (χ2n) is 15.0. The summed E-state index contributed by atoms with van der Waals surface area (Å²) in [5, 5.41) is 0. The van der Waals surface area contributed by atoms with Gasteiger partial charge < -0.3 is 20.1 Å². The van der Waals surface area contributed by atoms with Gasteiger partial charge in [0.25, 0.3) is 0 Å². The van der Waals surface area contributed by atoms with E-state index in [0.29, 0.717) is 12.8 Å². The monoisotopic (exact) mass is 822 g/mol. The Kier molecular flexibility index (Phi) is 41.6. The van der Waals surface area contributed by atoms with Crippen LogP contribution in [0.5, 0.6) is 0 Å². The molecule has 0 aromatic heterocycles. The van der Waals surface area contributed by atoms with Gasteiger partial charge in [0.05, 0.1) is 13.2 Å². The number of nitrogens with two attached hydrogens (primary N) is 1. The lowest BCUT2D eigenvalue weighted by atomic mass is 10.0. The molecule has 0 heterocycles. The lowest BCUT2D eigenvalue weighted by Gasteiger charge is -2.19. The molecule has 0 fully saturated rings. The number of unbranched alkanes of at least 4 members (excludes halogenated alkanes) is 23. The average molecular weight is 822 g/mol. The van der Waals surface area contributed by atoms with Gasteiger partial charge in [-0.3, -0.25) is 18.6 Å². The Bertz CT molecular complexity index is 1120. The molecule has 2 unspecified atom stereocenters. The van der Waals surface area contributed by atoms with Crippen molar-refractivity contribution in [2.45, 2.75) is 200 Å². The van der Waals surface area contributed by atoms with Crippen LogP contribution in [-0.4, -0.2) is 49.3 Å². The van der Waals surface area contributed by atoms with Crippen LogP contribution in [0, 0.1) is 0 Å². The molecule has 57 heavy (non-hydrogen) atoms. The van der Waals surface area contributed by atoms with E-state index in [0.717, 1.165) is 25.7 Å². The van der Waals surface area contributed by atoms with E-state index in [1.165, 1.54) is 128 Å². The largest absolute Gasteiger partial charge is 0.472 e. The van der Waals surface area contributed by atoms with E-state index in [4.69, 9.17) is 24.3 Å². The topological polar surface area (TPSA) is 134 Å². The molecule has 0 radical (unpaired) electrons. The third-order valence-electron chi connectivity index (χ3n) is 9.55. The van der Waals surface area contributed by atoms with E-state index in [2.05, 4.69) is 19.9 Å². The summed E-state index contributed by atoms with van der Waals surface area (Å²) in [6.07, 6.45) is 51.4. The molecule has 0 saturated heterocycles. The first-order chi connectivity index (χ1) is 27.8. The van der Waals surface area contributed by atoms with Crippen LogP contribution < -0.4 is 5.73 Å². The van der Waals surface area contributed by atoms with Crippen LogP contribution >= 0.6 is 7.82 Å². The minimum absolute atomic E-state index is 0.0404. The number of rotatable bonds is 42. The molecular weight excluding hydrogens is 737 g/mol. The average Bonchev–Trinajstić information content (AvgIpc) is 3.20. The molecule has 3 N–H and O–H groups in total. The summed E-state index contributed by atoms with van der Waals surface area (Å²) in [6, 6.07) is 0. The van der Waals surface area contributed by atoms with Crippen LogP contribution in [0.4, 0.5) is 0 Å². The molecule has 0 aliphatic heterocycles. The molecule has 10 heteroatoms. The highest BCUT2D eigenvalue weighted by atomic mass is 31.2. The number of ether oxygens (including phenoxy) is 2. The van der Waals surface area contributed by atoms with Crippen molar-refractivity contribution in [3.8, 4) is 0 Å². The Morgan fingerprint density at radius 3 is 1.42 bits per heavy atom. The Labute approximate surface area is 349 Å². The second-order valence-corrected chi connectivity index (χ2v) is 16.5. The fraction of sp³-hybridized carbons (Fsp3) is 0.745. The van der Waals surface area contributed by atoms with Gasteiger partial charge in [0.2, 0.25) is 0 Å². The maximum absolute atomic E-state index is 12.5. The minimum Gasteiger partial charge on any atom is -0.462 e. The highest BCUT2D eigenvalue weighted by molar-refractivity contribution is 7.47. The Hall–Kier alpha value is -2.29. The summed E-state index contributed by atoms with van der Waals surface area (Å²) in [5.74, 6) is -0.913. The van der Waals surface area contributed by atoms with Crippen LogP contribution in [-0.2, 0) is 32.7 Å². The molecular formula is C47H84NO8P. The highest BCUT2D eigenvalue weighted by Gasteiger charge is 2.26. The van der Waals surface area contributed by atoms with Gasteiger partial charge in [0.15, 0.2) is 6.10 Å². The van der Waals surface area contributed by atoms with Gasteiger partial charge >= 0.3 is 19.8 Å². The van der Waals surface area contributed by atoms with Gasteiger partial charge in [-0.1, -0.05) is 216 Å². The molecule has 9 nitrogen and oxygen atoms in total. The summed E-state index contributed by atoms with van der Waals surface area (Å²) in [5.41, 5.74) is 5.34. The van der Waals surface area contributed by atoms with Crippen molar-refractivity contribution in [2.24, 2.45) is 5.73 Å². The first-order valence-electron chi connectivity index (χ1n) is 22.8. The normalized spacial score (nSPS) is 13.8. The fourth-order valence-electron chi connectivity index (χ4n) is 6.20. The summed E-state index contributed by atoms with van der Waals surface area (Å²) < 4.78 is 32.7. The van der Waals surface area contributed by atoms with Crippen LogP contribution in [0.1, 0.15) is 194 Å². The Balaban J connectivity index is 4.08. The minimum atomic E-state index is -4.40. The standard InChI is InChI=1S/C47H84NO8P/c1-3-5-7-9-11-13-15-17-18-19-20-21-22-23-24-25-26-28-29-31-33-35-37-39-46(49)53-43-45(44-55-57(51,52)54-42-41-48)56-47(50)40-38-36-34-32-30-27-16-14-12-10-8-6-4-2/h6,8,10,12,14,16,27,30,32,34,45H,3-5,7,9,11,13,15,17-26,28-29,31,33,35-44,48H2,1-2H3,(H,51,52)/b8-6+,12-10+,16-14+,30-27+,34-32+. The number of esters is 2. The molecule has 0 saturated carbocycles. The molecule has 0 bridgehead atoms. The summed E-state index contributed by atoms with van der Waals surface area (Å²) >= 11 is 0. The molecule has 0 aliphatic rings. The van der Waals surface area contributed by atoms with Gasteiger partial charge in [0, 0.05) is 19.4 Å². The molecule has 330 valence electrons. The van der Waals surface area contributed by atoms with Gasteiger partial charge in [-0.2, -0.15) is 0 Å². The Morgan fingerprint density at radius 1 is 0.544 bits per heavy atom. The lowest BCUT2D eigenvalue weighted by molar-refractivity contribution is -0.161. The van der Waals surface area contributed by atoms with Crippen LogP contribution in [0.15, 0.2) is 60.8 Å². The van der Waals surface area contributed by atoms with Gasteiger partial charge in [0.1, 0.15) is 6.61 Å². The summed E-state index contributed by atoms with van der Waals surface area (Å²) in [7, 11) is -4.40. The zero-order valence-corrected chi connectivity index (χ0v) is 37.2. The van der Waals surface area contributed by atoms with Crippen molar-refractivity contribution >= 4 is 19.8 Å². The molecule has 0 aliphatic carbocycles. The zero-order chi connectivity index (χ0) is 41.8. The first-order valence-corrected chi connectivity index (χ1v) is 24.3. The number of allylic oxidation sites excluding steroid dienone is 10. The quantitative estimate of drug-likeness (QED) is 0.0267. The third kappa shape index (κ3) is 43.1. The summed E-state index contributed by atoms with van der Waals surface area (Å²) in [6.45, 7) is 3.51. The number of carbonyl (C=O) groups excluding carboxylic acids is 2. The van der Waals surface area contributed by atoms with E-state index >= 15 is 0 Å². The first kappa shape index (κ1) is 54.7. The lowest BCUT2D eigenvalue weighted by Crippen LogP contribution is -2.29. The van der Waals surface area contributed by atoms with Crippen molar-refractivity contribution in [1.29, 1.82) is 0 Å². The SMILES string of the molecule is CC/C=C/C=C/C=C/C=C/C=C/CCCC(=O)OC(COC(=O)CCCCCCCCCCCCCCCCCCCCCCCCC)COP(=O)(O)OCCN. The van der Waals surface area contributed by atoms with E-state index in [1.54, 1.807) is 0 Å². The van der Waals surface area contributed by atoms with Gasteiger partial charge in [-0.15, -0.1) is 0 Å².